The van der Waals surface area contributed by atoms with Crippen LogP contribution in [0.1, 0.15) is 55.4 Å². The fourth-order valence-corrected chi connectivity index (χ4v) is 3.43. The van der Waals surface area contributed by atoms with Crippen LogP contribution in [-0.4, -0.2) is 19.3 Å². The van der Waals surface area contributed by atoms with Crippen molar-refractivity contribution in [3.05, 3.63) is 94.0 Å². The van der Waals surface area contributed by atoms with Gasteiger partial charge in [-0.15, -0.1) is 0 Å². The highest BCUT2D eigenvalue weighted by molar-refractivity contribution is 9.10. The minimum atomic E-state index is -0.297. The van der Waals surface area contributed by atoms with Crippen molar-refractivity contribution in [1.29, 1.82) is 0 Å². The molecule has 0 aliphatic heterocycles. The first kappa shape index (κ1) is 26.9. The Labute approximate surface area is 206 Å². The van der Waals surface area contributed by atoms with Crippen LogP contribution in [0.5, 0.6) is 11.5 Å². The fourth-order valence-electron chi connectivity index (χ4n) is 3.17. The molecular weight excluding hydrogens is 480 g/mol. The molecule has 0 saturated carbocycles. The van der Waals surface area contributed by atoms with Crippen molar-refractivity contribution in [2.75, 3.05) is 14.2 Å². The van der Waals surface area contributed by atoms with Gasteiger partial charge in [0.1, 0.15) is 11.5 Å². The maximum Gasteiger partial charge on any atom is 0.118 e. The average Bonchev–Trinajstić information content (AvgIpc) is 2.86. The molecule has 178 valence electrons. The first-order valence-corrected chi connectivity index (χ1v) is 12.1. The van der Waals surface area contributed by atoms with Crippen molar-refractivity contribution in [3.8, 4) is 11.5 Å². The van der Waals surface area contributed by atoms with E-state index in [2.05, 4.69) is 22.9 Å². The minimum Gasteiger partial charge on any atom is -0.497 e. The van der Waals surface area contributed by atoms with E-state index in [0.29, 0.717) is 13.2 Å². The molecule has 0 spiro atoms. The number of aliphatic hydroxyl groups is 1. The highest BCUT2D eigenvalue weighted by Gasteiger charge is 2.06. The Morgan fingerprint density at radius 1 is 0.727 bits per heavy atom. The van der Waals surface area contributed by atoms with E-state index in [9.17, 15) is 5.11 Å². The summed E-state index contributed by atoms with van der Waals surface area (Å²) in [5.74, 6) is 1.72. The minimum absolute atomic E-state index is 0.297. The predicted molar refractivity (Wildman–Crippen MR) is 138 cm³/mol. The Kier molecular flexibility index (Phi) is 12.6. The van der Waals surface area contributed by atoms with Gasteiger partial charge in [-0.25, -0.2) is 0 Å². The number of halogens is 1. The zero-order chi connectivity index (χ0) is 23.9. The van der Waals surface area contributed by atoms with Crippen molar-refractivity contribution in [2.24, 2.45) is 0 Å². The summed E-state index contributed by atoms with van der Waals surface area (Å²) in [7, 11) is 3.32. The quantitative estimate of drug-likeness (QED) is 0.269. The highest BCUT2D eigenvalue weighted by atomic mass is 79.9. The molecule has 5 heteroatoms. The van der Waals surface area contributed by atoms with E-state index in [1.807, 2.05) is 72.8 Å². The topological polar surface area (TPSA) is 47.9 Å². The number of aliphatic hydroxyl groups excluding tert-OH is 1. The van der Waals surface area contributed by atoms with Crippen molar-refractivity contribution < 1.29 is 19.3 Å². The molecule has 1 N–H and O–H groups in total. The van der Waals surface area contributed by atoms with Gasteiger partial charge in [0.15, 0.2) is 0 Å². The third-order valence-corrected chi connectivity index (χ3v) is 5.72. The molecule has 3 aromatic rings. The average molecular weight is 515 g/mol. The maximum atomic E-state index is 9.82. The second-order valence-corrected chi connectivity index (χ2v) is 8.67. The van der Waals surface area contributed by atoms with Crippen molar-refractivity contribution in [3.63, 3.8) is 0 Å². The molecule has 0 saturated heterocycles. The van der Waals surface area contributed by atoms with Crippen LogP contribution < -0.4 is 9.47 Å². The third-order valence-electron chi connectivity index (χ3n) is 5.19. The third kappa shape index (κ3) is 10.4. The number of hydrogen-bond donors (Lipinski definition) is 1. The number of benzene rings is 3. The summed E-state index contributed by atoms with van der Waals surface area (Å²) in [5.41, 5.74) is 3.29. The molecular formula is C28H35BrO4. The zero-order valence-electron chi connectivity index (χ0n) is 19.8. The molecule has 0 heterocycles. The lowest BCUT2D eigenvalue weighted by Crippen LogP contribution is -1.96. The van der Waals surface area contributed by atoms with Gasteiger partial charge in [0.25, 0.3) is 0 Å². The Morgan fingerprint density at radius 3 is 1.64 bits per heavy atom. The lowest BCUT2D eigenvalue weighted by atomic mass is 10.0. The molecule has 0 aliphatic carbocycles. The molecule has 0 bridgehead atoms. The van der Waals surface area contributed by atoms with E-state index < -0.39 is 0 Å². The number of methoxy groups -OCH3 is 2. The summed E-state index contributed by atoms with van der Waals surface area (Å²) in [6, 6.07) is 23.7. The van der Waals surface area contributed by atoms with Gasteiger partial charge in [0, 0.05) is 4.47 Å². The predicted octanol–water partition coefficient (Wildman–Crippen LogP) is 7.48. The number of hydrogen-bond acceptors (Lipinski definition) is 4. The molecule has 1 unspecified atom stereocenters. The maximum absolute atomic E-state index is 9.82. The Balaban J connectivity index is 0.000000245. The molecule has 0 aliphatic rings. The van der Waals surface area contributed by atoms with E-state index in [4.69, 9.17) is 14.2 Å². The molecule has 1 atom stereocenters. The first-order chi connectivity index (χ1) is 16.0. The summed E-state index contributed by atoms with van der Waals surface area (Å²) in [6.45, 7) is 3.36. The standard InChI is InChI=1S/C16H18O3.C12H17BrO/c1-17-15-7-3-13(4-8-15)11-19-12-14-5-9-16(18-2)10-6-14;1-2-3-4-5-12(14)10-6-8-11(13)9-7-10/h3-10H,11-12H2,1-2H3;6-9,12,14H,2-5H2,1H3. The summed E-state index contributed by atoms with van der Waals surface area (Å²) in [4.78, 5) is 0. The first-order valence-electron chi connectivity index (χ1n) is 11.3. The summed E-state index contributed by atoms with van der Waals surface area (Å²) in [6.07, 6.45) is 4.08. The van der Waals surface area contributed by atoms with Gasteiger partial charge in [0.2, 0.25) is 0 Å². The van der Waals surface area contributed by atoms with Gasteiger partial charge < -0.3 is 19.3 Å². The van der Waals surface area contributed by atoms with Gasteiger partial charge in [0.05, 0.1) is 33.5 Å². The lowest BCUT2D eigenvalue weighted by molar-refractivity contribution is 0.107. The summed E-state index contributed by atoms with van der Waals surface area (Å²) < 4.78 is 17.0. The zero-order valence-corrected chi connectivity index (χ0v) is 21.4. The van der Waals surface area contributed by atoms with Gasteiger partial charge in [-0.1, -0.05) is 78.5 Å². The van der Waals surface area contributed by atoms with Crippen LogP contribution in [-0.2, 0) is 18.0 Å². The fraction of sp³-hybridized carbons (Fsp3) is 0.357. The largest absolute Gasteiger partial charge is 0.497 e. The van der Waals surface area contributed by atoms with Gasteiger partial charge in [-0.3, -0.25) is 0 Å². The van der Waals surface area contributed by atoms with Crippen molar-refractivity contribution >= 4 is 15.9 Å². The van der Waals surface area contributed by atoms with Gasteiger partial charge in [-0.2, -0.15) is 0 Å². The summed E-state index contributed by atoms with van der Waals surface area (Å²) >= 11 is 3.38. The van der Waals surface area contributed by atoms with E-state index in [1.54, 1.807) is 14.2 Å². The van der Waals surface area contributed by atoms with Crippen LogP contribution in [0.25, 0.3) is 0 Å². The Bertz CT molecular complexity index is 845. The van der Waals surface area contributed by atoms with Gasteiger partial charge >= 0.3 is 0 Å². The second kappa shape index (κ2) is 15.5. The van der Waals surface area contributed by atoms with Crippen LogP contribution in [0, 0.1) is 0 Å². The Morgan fingerprint density at radius 2 is 1.21 bits per heavy atom. The smallest absolute Gasteiger partial charge is 0.118 e. The van der Waals surface area contributed by atoms with Gasteiger partial charge in [-0.05, 0) is 59.5 Å². The molecule has 3 rings (SSSR count). The highest BCUT2D eigenvalue weighted by Crippen LogP contribution is 2.21. The van der Waals surface area contributed by atoms with E-state index >= 15 is 0 Å². The van der Waals surface area contributed by atoms with Crippen LogP contribution in [0.2, 0.25) is 0 Å². The van der Waals surface area contributed by atoms with Crippen LogP contribution >= 0.6 is 15.9 Å². The molecule has 4 nitrogen and oxygen atoms in total. The molecule has 0 radical (unpaired) electrons. The molecule has 0 fully saturated rings. The SMILES string of the molecule is CCCCCC(O)c1ccc(Br)cc1.COc1ccc(COCc2ccc(OC)cc2)cc1. The normalized spacial score (nSPS) is 11.3. The van der Waals surface area contributed by atoms with Crippen LogP contribution in [0.3, 0.4) is 0 Å². The molecule has 0 amide bonds. The van der Waals surface area contributed by atoms with E-state index in [1.165, 1.54) is 12.8 Å². The second-order valence-electron chi connectivity index (χ2n) is 7.75. The van der Waals surface area contributed by atoms with Crippen molar-refractivity contribution in [1.82, 2.24) is 0 Å². The lowest BCUT2D eigenvalue weighted by Gasteiger charge is -2.10. The molecule has 0 aromatic heterocycles. The van der Waals surface area contributed by atoms with E-state index in [0.717, 1.165) is 45.5 Å². The van der Waals surface area contributed by atoms with Crippen LogP contribution in [0.15, 0.2) is 77.3 Å². The molecule has 33 heavy (non-hydrogen) atoms. The van der Waals surface area contributed by atoms with Crippen LogP contribution in [0.4, 0.5) is 0 Å². The summed E-state index contributed by atoms with van der Waals surface area (Å²) in [5, 5.41) is 9.82. The Hall–Kier alpha value is -2.34. The number of unbranched alkanes of at least 4 members (excludes halogenated alkanes) is 2. The monoisotopic (exact) mass is 514 g/mol. The van der Waals surface area contributed by atoms with Crippen molar-refractivity contribution in [2.45, 2.75) is 51.9 Å². The number of ether oxygens (including phenoxy) is 3. The number of rotatable bonds is 11. The van der Waals surface area contributed by atoms with E-state index in [-0.39, 0.29) is 6.10 Å². The molecule has 3 aromatic carbocycles.